The van der Waals surface area contributed by atoms with Crippen LogP contribution in [-0.2, 0) is 9.53 Å². The highest BCUT2D eigenvalue weighted by atomic mass is 16.6. The molecule has 0 spiro atoms. The number of hydrogen-bond donors (Lipinski definition) is 1. The number of hydrogen-bond acceptors (Lipinski definition) is 4. The number of rotatable bonds is 4. The quantitative estimate of drug-likeness (QED) is 0.854. The summed E-state index contributed by atoms with van der Waals surface area (Å²) in [5, 5.41) is 3.35. The van der Waals surface area contributed by atoms with Gasteiger partial charge < -0.3 is 19.9 Å². The Labute approximate surface area is 133 Å². The van der Waals surface area contributed by atoms with E-state index >= 15 is 0 Å². The number of carbonyl (C=O) groups excluding carboxylic acids is 2. The molecule has 2 amide bonds. The molecule has 0 aromatic carbocycles. The van der Waals surface area contributed by atoms with Gasteiger partial charge in [-0.25, -0.2) is 4.79 Å². The second-order valence-electron chi connectivity index (χ2n) is 6.43. The maximum atomic E-state index is 12.2. The zero-order chi connectivity index (χ0) is 15.9. The van der Waals surface area contributed by atoms with E-state index < -0.39 is 0 Å². The first kappa shape index (κ1) is 17.1. The molecule has 126 valence electrons. The van der Waals surface area contributed by atoms with Crippen LogP contribution in [0.1, 0.15) is 39.5 Å². The van der Waals surface area contributed by atoms with E-state index in [0.29, 0.717) is 38.2 Å². The summed E-state index contributed by atoms with van der Waals surface area (Å²) < 4.78 is 5.01. The number of piperidine rings is 2. The van der Waals surface area contributed by atoms with Crippen molar-refractivity contribution in [3.63, 3.8) is 0 Å². The largest absolute Gasteiger partial charge is 0.450 e. The molecule has 0 aromatic rings. The van der Waals surface area contributed by atoms with Crippen molar-refractivity contribution in [3.8, 4) is 0 Å². The summed E-state index contributed by atoms with van der Waals surface area (Å²) in [7, 11) is 0. The number of nitrogens with zero attached hydrogens (tertiary/aromatic N) is 2. The summed E-state index contributed by atoms with van der Waals surface area (Å²) in [5.41, 5.74) is 0. The molecule has 2 aliphatic heterocycles. The Morgan fingerprint density at radius 2 is 1.86 bits per heavy atom. The molecule has 2 saturated heterocycles. The third-order valence-corrected chi connectivity index (χ3v) is 4.57. The minimum Gasteiger partial charge on any atom is -0.450 e. The normalized spacial score (nSPS) is 23.5. The van der Waals surface area contributed by atoms with Gasteiger partial charge in [-0.2, -0.15) is 0 Å². The van der Waals surface area contributed by atoms with Crippen molar-refractivity contribution < 1.29 is 14.3 Å². The van der Waals surface area contributed by atoms with Crippen molar-refractivity contribution in [1.29, 1.82) is 0 Å². The number of ether oxygens (including phenoxy) is 1. The highest BCUT2D eigenvalue weighted by molar-refractivity contribution is 5.78. The summed E-state index contributed by atoms with van der Waals surface area (Å²) in [6.07, 6.45) is 3.87. The molecule has 1 atom stereocenters. The maximum Gasteiger partial charge on any atom is 0.409 e. The minimum atomic E-state index is -0.223. The third-order valence-electron chi connectivity index (χ3n) is 4.57. The van der Waals surface area contributed by atoms with Crippen LogP contribution in [0.15, 0.2) is 0 Å². The molecular weight excluding hydrogens is 282 g/mol. The van der Waals surface area contributed by atoms with E-state index in [2.05, 4.69) is 12.2 Å². The van der Waals surface area contributed by atoms with E-state index in [0.717, 1.165) is 32.4 Å². The molecule has 2 heterocycles. The van der Waals surface area contributed by atoms with Gasteiger partial charge in [0.1, 0.15) is 0 Å². The lowest BCUT2D eigenvalue weighted by Gasteiger charge is -2.33. The van der Waals surface area contributed by atoms with Gasteiger partial charge in [-0.3, -0.25) is 4.79 Å². The van der Waals surface area contributed by atoms with Gasteiger partial charge in [0, 0.05) is 32.2 Å². The fourth-order valence-corrected chi connectivity index (χ4v) is 3.24. The molecule has 0 aromatic heterocycles. The van der Waals surface area contributed by atoms with E-state index in [1.54, 1.807) is 4.90 Å². The van der Waals surface area contributed by atoms with Crippen LogP contribution in [-0.4, -0.2) is 67.2 Å². The second-order valence-corrected chi connectivity index (χ2v) is 6.43. The van der Waals surface area contributed by atoms with Crippen molar-refractivity contribution in [2.24, 2.45) is 5.92 Å². The molecule has 0 aliphatic carbocycles. The van der Waals surface area contributed by atoms with Crippen LogP contribution in [0.25, 0.3) is 0 Å². The fourth-order valence-electron chi connectivity index (χ4n) is 3.24. The van der Waals surface area contributed by atoms with E-state index in [-0.39, 0.29) is 12.0 Å². The monoisotopic (exact) mass is 311 g/mol. The van der Waals surface area contributed by atoms with E-state index in [4.69, 9.17) is 4.74 Å². The fraction of sp³-hybridized carbons (Fsp3) is 0.875. The van der Waals surface area contributed by atoms with Crippen LogP contribution < -0.4 is 5.32 Å². The predicted octanol–water partition coefficient (Wildman–Crippen LogP) is 1.46. The SMILES string of the molecule is CCOC(=O)N1CCC(NCC(=O)N2CCCC(C)C2)CC1. The molecule has 0 saturated carbocycles. The summed E-state index contributed by atoms with van der Waals surface area (Å²) in [5.74, 6) is 0.824. The van der Waals surface area contributed by atoms with Crippen LogP contribution in [0.4, 0.5) is 4.79 Å². The molecule has 1 N–H and O–H groups in total. The summed E-state index contributed by atoms with van der Waals surface area (Å²) in [6.45, 7) is 8.04. The number of amides is 2. The Hall–Kier alpha value is -1.30. The van der Waals surface area contributed by atoms with Crippen molar-refractivity contribution in [3.05, 3.63) is 0 Å². The smallest absolute Gasteiger partial charge is 0.409 e. The highest BCUT2D eigenvalue weighted by Gasteiger charge is 2.25. The van der Waals surface area contributed by atoms with E-state index in [9.17, 15) is 9.59 Å². The Morgan fingerprint density at radius 3 is 2.50 bits per heavy atom. The van der Waals surface area contributed by atoms with E-state index in [1.807, 2.05) is 11.8 Å². The minimum absolute atomic E-state index is 0.208. The molecule has 2 fully saturated rings. The number of carbonyl (C=O) groups is 2. The Bertz CT molecular complexity index is 381. The topological polar surface area (TPSA) is 61.9 Å². The molecule has 1 unspecified atom stereocenters. The maximum absolute atomic E-state index is 12.2. The Morgan fingerprint density at radius 1 is 1.14 bits per heavy atom. The first-order chi connectivity index (χ1) is 10.6. The molecule has 0 bridgehead atoms. The van der Waals surface area contributed by atoms with Crippen LogP contribution in [0.5, 0.6) is 0 Å². The van der Waals surface area contributed by atoms with Gasteiger partial charge in [-0.05, 0) is 38.5 Å². The summed E-state index contributed by atoms with van der Waals surface area (Å²) >= 11 is 0. The van der Waals surface area contributed by atoms with Crippen LogP contribution in [0.2, 0.25) is 0 Å². The lowest BCUT2D eigenvalue weighted by atomic mass is 10.0. The van der Waals surface area contributed by atoms with Gasteiger partial charge >= 0.3 is 6.09 Å². The first-order valence-corrected chi connectivity index (χ1v) is 8.53. The lowest BCUT2D eigenvalue weighted by molar-refractivity contribution is -0.132. The van der Waals surface area contributed by atoms with Gasteiger partial charge in [0.2, 0.25) is 5.91 Å². The van der Waals surface area contributed by atoms with Crippen molar-refractivity contribution in [2.45, 2.75) is 45.6 Å². The average Bonchev–Trinajstić information content (AvgIpc) is 2.53. The highest BCUT2D eigenvalue weighted by Crippen LogP contribution is 2.16. The Balaban J connectivity index is 1.66. The van der Waals surface area contributed by atoms with E-state index in [1.165, 1.54) is 6.42 Å². The molecule has 22 heavy (non-hydrogen) atoms. The first-order valence-electron chi connectivity index (χ1n) is 8.53. The Kier molecular flexibility index (Phi) is 6.49. The van der Waals surface area contributed by atoms with Crippen LogP contribution in [0.3, 0.4) is 0 Å². The number of likely N-dealkylation sites (tertiary alicyclic amines) is 2. The molecule has 2 aliphatic rings. The van der Waals surface area contributed by atoms with Crippen LogP contribution >= 0.6 is 0 Å². The van der Waals surface area contributed by atoms with Crippen molar-refractivity contribution in [1.82, 2.24) is 15.1 Å². The third kappa shape index (κ3) is 4.87. The zero-order valence-electron chi connectivity index (χ0n) is 13.8. The molecule has 2 rings (SSSR count). The number of nitrogens with one attached hydrogen (secondary N) is 1. The lowest BCUT2D eigenvalue weighted by Crippen LogP contribution is -2.49. The van der Waals surface area contributed by atoms with Gasteiger partial charge in [0.25, 0.3) is 0 Å². The second kappa shape index (κ2) is 8.36. The van der Waals surface area contributed by atoms with Gasteiger partial charge in [0.15, 0.2) is 0 Å². The molecule has 6 heteroatoms. The standard InChI is InChI=1S/C16H29N3O3/c1-3-22-16(21)18-9-6-14(7-10-18)17-11-15(20)19-8-4-5-13(2)12-19/h13-14,17H,3-12H2,1-2H3. The van der Waals surface area contributed by atoms with Gasteiger partial charge in [-0.15, -0.1) is 0 Å². The predicted molar refractivity (Wildman–Crippen MR) is 84.6 cm³/mol. The van der Waals surface area contributed by atoms with Crippen LogP contribution in [0, 0.1) is 5.92 Å². The summed E-state index contributed by atoms with van der Waals surface area (Å²) in [6, 6.07) is 0.317. The van der Waals surface area contributed by atoms with Gasteiger partial charge in [-0.1, -0.05) is 6.92 Å². The average molecular weight is 311 g/mol. The molecule has 6 nitrogen and oxygen atoms in total. The molecular formula is C16H29N3O3. The van der Waals surface area contributed by atoms with Crippen molar-refractivity contribution >= 4 is 12.0 Å². The molecule has 0 radical (unpaired) electrons. The summed E-state index contributed by atoms with van der Waals surface area (Å²) in [4.78, 5) is 27.6. The van der Waals surface area contributed by atoms with Gasteiger partial charge in [0.05, 0.1) is 13.2 Å². The zero-order valence-corrected chi connectivity index (χ0v) is 13.8. The van der Waals surface area contributed by atoms with Crippen molar-refractivity contribution in [2.75, 3.05) is 39.3 Å².